The van der Waals surface area contributed by atoms with Crippen LogP contribution >= 0.6 is 12.4 Å². The molecule has 1 saturated heterocycles. The molecule has 0 aliphatic carbocycles. The molecule has 0 aromatic heterocycles. The average molecular weight is 412 g/mol. The fraction of sp³-hybridized carbons (Fsp3) is 0.550. The van der Waals surface area contributed by atoms with Gasteiger partial charge in [0.15, 0.2) is 5.78 Å². The van der Waals surface area contributed by atoms with Gasteiger partial charge < -0.3 is 10.4 Å². The summed E-state index contributed by atoms with van der Waals surface area (Å²) in [6.07, 6.45) is 1.67. The monoisotopic (exact) mass is 411 g/mol. The van der Waals surface area contributed by atoms with Crippen LogP contribution in [0.4, 0.5) is 5.69 Å². The fourth-order valence-electron chi connectivity index (χ4n) is 3.61. The van der Waals surface area contributed by atoms with E-state index in [0.717, 1.165) is 25.9 Å². The Balaban J connectivity index is 0.00000392. The zero-order chi connectivity index (χ0) is 20.0. The van der Waals surface area contributed by atoms with Crippen LogP contribution < -0.4 is 5.32 Å². The SMILES string of the molecule is CCN(CC(=O)O)C1CCN(C(C)C(=O)Nc2ccccc2C(C)=O)CC1.Cl. The fourth-order valence-corrected chi connectivity index (χ4v) is 3.61. The van der Waals surface area contributed by atoms with Crippen LogP contribution in [0.5, 0.6) is 0 Å². The van der Waals surface area contributed by atoms with Crippen LogP contribution in [-0.2, 0) is 9.59 Å². The number of ketones is 1. The second kappa shape index (κ2) is 11.1. The Morgan fingerprint density at radius 3 is 2.39 bits per heavy atom. The molecule has 0 spiro atoms. The molecule has 1 aromatic rings. The first-order chi connectivity index (χ1) is 12.8. The van der Waals surface area contributed by atoms with Gasteiger partial charge >= 0.3 is 5.97 Å². The number of carbonyl (C=O) groups excluding carboxylic acids is 2. The molecule has 156 valence electrons. The van der Waals surface area contributed by atoms with E-state index in [9.17, 15) is 14.4 Å². The molecule has 1 aliphatic heterocycles. The van der Waals surface area contributed by atoms with Gasteiger partial charge in [0.1, 0.15) is 0 Å². The van der Waals surface area contributed by atoms with E-state index in [0.29, 0.717) is 17.8 Å². The summed E-state index contributed by atoms with van der Waals surface area (Å²) in [6.45, 7) is 7.55. The number of carboxylic acid groups (broad SMARTS) is 1. The Hall–Kier alpha value is -1.96. The maximum atomic E-state index is 12.7. The molecule has 2 rings (SSSR count). The van der Waals surface area contributed by atoms with Crippen molar-refractivity contribution in [2.24, 2.45) is 0 Å². The van der Waals surface area contributed by atoms with Crippen LogP contribution in [0.1, 0.15) is 44.0 Å². The van der Waals surface area contributed by atoms with E-state index >= 15 is 0 Å². The molecule has 28 heavy (non-hydrogen) atoms. The van der Waals surface area contributed by atoms with Crippen molar-refractivity contribution in [2.75, 3.05) is 31.5 Å². The van der Waals surface area contributed by atoms with E-state index in [2.05, 4.69) is 10.2 Å². The minimum Gasteiger partial charge on any atom is -0.480 e. The number of Topliss-reactive ketones (excluding diaryl/α,β-unsaturated/α-hetero) is 1. The molecule has 1 atom stereocenters. The van der Waals surface area contributed by atoms with Crippen molar-refractivity contribution in [3.05, 3.63) is 29.8 Å². The molecule has 1 aromatic carbocycles. The molecule has 1 unspecified atom stereocenters. The number of nitrogens with zero attached hydrogens (tertiary/aromatic N) is 2. The molecule has 1 amide bonds. The Bertz CT molecular complexity index is 690. The van der Waals surface area contributed by atoms with Crippen molar-refractivity contribution >= 4 is 35.8 Å². The standard InChI is InChI=1S/C20H29N3O4.ClH/c1-4-22(13-19(25)26)16-9-11-23(12-10-16)14(2)20(27)21-18-8-6-5-7-17(18)15(3)24;/h5-8,14,16H,4,9-13H2,1-3H3,(H,21,27)(H,25,26);1H. The van der Waals surface area contributed by atoms with Crippen LogP contribution in [0.15, 0.2) is 24.3 Å². The molecule has 8 heteroatoms. The molecule has 0 radical (unpaired) electrons. The van der Waals surface area contributed by atoms with Gasteiger partial charge in [-0.1, -0.05) is 19.1 Å². The number of carbonyl (C=O) groups is 3. The molecule has 0 saturated carbocycles. The summed E-state index contributed by atoms with van der Waals surface area (Å²) < 4.78 is 0. The van der Waals surface area contributed by atoms with Gasteiger partial charge in [0.05, 0.1) is 18.3 Å². The van der Waals surface area contributed by atoms with Crippen molar-refractivity contribution in [1.29, 1.82) is 0 Å². The summed E-state index contributed by atoms with van der Waals surface area (Å²) in [7, 11) is 0. The number of amides is 1. The van der Waals surface area contributed by atoms with Crippen LogP contribution in [0.2, 0.25) is 0 Å². The van der Waals surface area contributed by atoms with Crippen molar-refractivity contribution < 1.29 is 19.5 Å². The van der Waals surface area contributed by atoms with E-state index in [-0.39, 0.29) is 42.7 Å². The van der Waals surface area contributed by atoms with Crippen molar-refractivity contribution in [3.63, 3.8) is 0 Å². The Kier molecular flexibility index (Phi) is 9.58. The second-order valence-electron chi connectivity index (χ2n) is 6.99. The predicted octanol–water partition coefficient (Wildman–Crippen LogP) is 2.51. The molecular formula is C20H30ClN3O4. The first-order valence-corrected chi connectivity index (χ1v) is 9.44. The number of nitrogens with one attached hydrogen (secondary N) is 1. The largest absolute Gasteiger partial charge is 0.480 e. The van der Waals surface area contributed by atoms with E-state index in [4.69, 9.17) is 5.11 Å². The number of piperidine rings is 1. The van der Waals surface area contributed by atoms with Crippen LogP contribution in [-0.4, -0.2) is 70.8 Å². The number of rotatable bonds is 8. The van der Waals surface area contributed by atoms with Crippen molar-refractivity contribution in [1.82, 2.24) is 9.80 Å². The molecule has 1 heterocycles. The maximum absolute atomic E-state index is 12.7. The molecular weight excluding hydrogens is 382 g/mol. The quantitative estimate of drug-likeness (QED) is 0.639. The number of carboxylic acids is 1. The maximum Gasteiger partial charge on any atom is 0.317 e. The van der Waals surface area contributed by atoms with Crippen molar-refractivity contribution in [2.45, 2.75) is 45.7 Å². The van der Waals surface area contributed by atoms with E-state index < -0.39 is 5.97 Å². The van der Waals surface area contributed by atoms with E-state index in [1.165, 1.54) is 6.92 Å². The highest BCUT2D eigenvalue weighted by atomic mass is 35.5. The number of para-hydroxylation sites is 1. The van der Waals surface area contributed by atoms with Gasteiger partial charge in [0, 0.05) is 24.7 Å². The minimum absolute atomic E-state index is 0. The van der Waals surface area contributed by atoms with Crippen LogP contribution in [0.25, 0.3) is 0 Å². The lowest BCUT2D eigenvalue weighted by molar-refractivity contribution is -0.139. The summed E-state index contributed by atoms with van der Waals surface area (Å²) in [5, 5.41) is 11.9. The van der Waals surface area contributed by atoms with Gasteiger partial charge in [0.25, 0.3) is 0 Å². The zero-order valence-electron chi connectivity index (χ0n) is 16.7. The van der Waals surface area contributed by atoms with Gasteiger partial charge in [-0.15, -0.1) is 12.4 Å². The van der Waals surface area contributed by atoms with Gasteiger partial charge in [0.2, 0.25) is 5.91 Å². The predicted molar refractivity (Wildman–Crippen MR) is 111 cm³/mol. The first kappa shape index (κ1) is 24.1. The summed E-state index contributed by atoms with van der Waals surface area (Å²) in [5.41, 5.74) is 1.04. The smallest absolute Gasteiger partial charge is 0.317 e. The second-order valence-corrected chi connectivity index (χ2v) is 6.99. The third kappa shape index (κ3) is 6.29. The van der Waals surface area contributed by atoms with Gasteiger partial charge in [-0.25, -0.2) is 0 Å². The number of benzene rings is 1. The first-order valence-electron chi connectivity index (χ1n) is 9.44. The topological polar surface area (TPSA) is 90.0 Å². The number of anilines is 1. The van der Waals surface area contributed by atoms with E-state index in [1.807, 2.05) is 18.7 Å². The number of halogens is 1. The van der Waals surface area contributed by atoms with Gasteiger partial charge in [-0.05, 0) is 45.4 Å². The summed E-state index contributed by atoms with van der Waals surface area (Å²) in [6, 6.07) is 6.92. The summed E-state index contributed by atoms with van der Waals surface area (Å²) in [4.78, 5) is 39.4. The molecule has 7 nitrogen and oxygen atoms in total. The number of aliphatic carboxylic acids is 1. The number of hydrogen-bond donors (Lipinski definition) is 2. The molecule has 1 fully saturated rings. The number of likely N-dealkylation sites (tertiary alicyclic amines) is 1. The molecule has 1 aliphatic rings. The highest BCUT2D eigenvalue weighted by molar-refractivity contribution is 6.04. The Labute approximate surface area is 172 Å². The number of hydrogen-bond acceptors (Lipinski definition) is 5. The molecule has 0 bridgehead atoms. The average Bonchev–Trinajstić information content (AvgIpc) is 2.65. The van der Waals surface area contributed by atoms with Crippen LogP contribution in [0, 0.1) is 0 Å². The lowest BCUT2D eigenvalue weighted by Gasteiger charge is -2.39. The Morgan fingerprint density at radius 1 is 1.25 bits per heavy atom. The third-order valence-corrected chi connectivity index (χ3v) is 5.25. The normalized spacial score (nSPS) is 16.3. The van der Waals surface area contributed by atoms with Crippen molar-refractivity contribution in [3.8, 4) is 0 Å². The van der Waals surface area contributed by atoms with Gasteiger partial charge in [-0.2, -0.15) is 0 Å². The lowest BCUT2D eigenvalue weighted by Crippen LogP contribution is -2.51. The Morgan fingerprint density at radius 2 is 1.86 bits per heavy atom. The highest BCUT2D eigenvalue weighted by Crippen LogP contribution is 2.20. The molecule has 2 N–H and O–H groups in total. The minimum atomic E-state index is -0.809. The summed E-state index contributed by atoms with van der Waals surface area (Å²) >= 11 is 0. The number of likely N-dealkylation sites (N-methyl/N-ethyl adjacent to an activating group) is 1. The summed E-state index contributed by atoms with van der Waals surface area (Å²) in [5.74, 6) is -1.03. The van der Waals surface area contributed by atoms with Crippen LogP contribution in [0.3, 0.4) is 0 Å². The lowest BCUT2D eigenvalue weighted by atomic mass is 10.0. The third-order valence-electron chi connectivity index (χ3n) is 5.25. The zero-order valence-corrected chi connectivity index (χ0v) is 17.5. The van der Waals surface area contributed by atoms with E-state index in [1.54, 1.807) is 24.3 Å². The van der Waals surface area contributed by atoms with Gasteiger partial charge in [-0.3, -0.25) is 24.2 Å². The highest BCUT2D eigenvalue weighted by Gasteiger charge is 2.29.